The number of alkyl halides is 1. The van der Waals surface area contributed by atoms with Crippen molar-refractivity contribution in [2.75, 3.05) is 69.3 Å². The van der Waals surface area contributed by atoms with Crippen molar-refractivity contribution < 1.29 is 28.9 Å². The van der Waals surface area contributed by atoms with Crippen molar-refractivity contribution in [1.82, 2.24) is 24.8 Å². The van der Waals surface area contributed by atoms with Crippen molar-refractivity contribution in [3.8, 4) is 23.2 Å². The van der Waals surface area contributed by atoms with Crippen LogP contribution in [0.3, 0.4) is 0 Å². The number of carbonyl (C=O) groups excluding carboxylic acids is 1. The Morgan fingerprint density at radius 3 is 2.65 bits per heavy atom. The van der Waals surface area contributed by atoms with E-state index in [0.29, 0.717) is 23.4 Å². The molecule has 3 aliphatic rings. The lowest BCUT2D eigenvalue weighted by atomic mass is 10.0. The van der Waals surface area contributed by atoms with E-state index in [4.69, 9.17) is 14.6 Å². The van der Waals surface area contributed by atoms with Gasteiger partial charge in [-0.15, -0.1) is 0 Å². The molecule has 6 rings (SSSR count). The molecule has 0 saturated carbocycles. The van der Waals surface area contributed by atoms with Crippen LogP contribution in [0.1, 0.15) is 17.5 Å². The van der Waals surface area contributed by atoms with Gasteiger partial charge in [-0.1, -0.05) is 0 Å². The average Bonchev–Trinajstić information content (AvgIpc) is 3.05. The lowest BCUT2D eigenvalue weighted by Gasteiger charge is -2.43. The van der Waals surface area contributed by atoms with Gasteiger partial charge >= 0.3 is 0 Å². The van der Waals surface area contributed by atoms with Crippen LogP contribution in [-0.2, 0) is 9.53 Å². The van der Waals surface area contributed by atoms with Gasteiger partial charge in [0.2, 0.25) is 5.95 Å². The molecule has 13 nitrogen and oxygen atoms in total. The second-order valence-corrected chi connectivity index (χ2v) is 11.7. The Hall–Kier alpha value is -4.42. The molecule has 4 heterocycles. The van der Waals surface area contributed by atoms with Crippen molar-refractivity contribution in [3.63, 3.8) is 0 Å². The Morgan fingerprint density at radius 2 is 1.98 bits per heavy atom. The van der Waals surface area contributed by atoms with Crippen LogP contribution in [-0.4, -0.2) is 124 Å². The molecule has 0 radical (unpaired) electrons. The smallest absolute Gasteiger partial charge is 0.253 e. The van der Waals surface area contributed by atoms with Crippen molar-refractivity contribution in [1.29, 1.82) is 5.26 Å². The number of nitriles is 1. The second kappa shape index (κ2) is 13.9. The van der Waals surface area contributed by atoms with E-state index in [-0.39, 0.29) is 30.8 Å². The first-order valence-corrected chi connectivity index (χ1v) is 15.4. The molecule has 3 fully saturated rings. The molecule has 242 valence electrons. The number of aliphatic hydroxyl groups is 2. The van der Waals surface area contributed by atoms with Crippen LogP contribution in [0, 0.1) is 18.3 Å². The highest BCUT2D eigenvalue weighted by atomic mass is 19.1. The molecular formula is C32H37FN8O5. The summed E-state index contributed by atoms with van der Waals surface area (Å²) < 4.78 is 26.1. The second-order valence-electron chi connectivity index (χ2n) is 11.7. The monoisotopic (exact) mass is 632 g/mol. The number of hydrogen-bond acceptors (Lipinski definition) is 12. The predicted molar refractivity (Wildman–Crippen MR) is 166 cm³/mol. The number of ether oxygens (including phenoxy) is 2. The van der Waals surface area contributed by atoms with E-state index in [1.165, 1.54) is 12.0 Å². The molecule has 46 heavy (non-hydrogen) atoms. The Morgan fingerprint density at radius 1 is 1.17 bits per heavy atom. The molecule has 0 aliphatic carbocycles. The Kier molecular flexibility index (Phi) is 9.55. The molecule has 3 N–H and O–H groups in total. The Bertz CT molecular complexity index is 1590. The van der Waals surface area contributed by atoms with Gasteiger partial charge in [0.25, 0.3) is 5.91 Å². The lowest BCUT2D eigenvalue weighted by Crippen LogP contribution is -2.56. The molecule has 3 saturated heterocycles. The summed E-state index contributed by atoms with van der Waals surface area (Å²) in [6.45, 7) is 6.90. The first-order chi connectivity index (χ1) is 22.3. The number of rotatable bonds is 9. The van der Waals surface area contributed by atoms with E-state index in [1.54, 1.807) is 18.2 Å². The highest BCUT2D eigenvalue weighted by molar-refractivity contribution is 5.81. The Balaban J connectivity index is 1.09. The van der Waals surface area contributed by atoms with Gasteiger partial charge < -0.3 is 34.8 Å². The van der Waals surface area contributed by atoms with Crippen LogP contribution in [0.5, 0.6) is 5.75 Å². The number of piperidine rings is 1. The topological polar surface area (TPSA) is 160 Å². The fourth-order valence-electron chi connectivity index (χ4n) is 6.00. The number of aryl methyl sites for hydroxylation is 1. The minimum Gasteiger partial charge on any atom is -0.486 e. The average molecular weight is 633 g/mol. The first-order valence-electron chi connectivity index (χ1n) is 15.4. The summed E-state index contributed by atoms with van der Waals surface area (Å²) in [5.41, 5.74) is 3.93. The number of nitrogens with zero attached hydrogens (tertiary/aromatic N) is 7. The summed E-state index contributed by atoms with van der Waals surface area (Å²) in [5.74, 6) is 0.172. The molecule has 3 aromatic rings. The molecule has 2 aromatic carbocycles. The van der Waals surface area contributed by atoms with Crippen molar-refractivity contribution in [2.24, 2.45) is 0 Å². The van der Waals surface area contributed by atoms with E-state index in [2.05, 4.69) is 55.2 Å². The molecule has 1 unspecified atom stereocenters. The molecule has 3 aliphatic heterocycles. The molecule has 14 heteroatoms. The summed E-state index contributed by atoms with van der Waals surface area (Å²) in [4.78, 5) is 31.3. The number of piperazine rings is 1. The highest BCUT2D eigenvalue weighted by Crippen LogP contribution is 2.30. The minimum absolute atomic E-state index is 0.150. The van der Waals surface area contributed by atoms with E-state index in [0.717, 1.165) is 55.5 Å². The number of aliphatic hydroxyl groups excluding tert-OH is 2. The van der Waals surface area contributed by atoms with Crippen LogP contribution >= 0.6 is 0 Å². The number of anilines is 3. The molecule has 0 bridgehead atoms. The third kappa shape index (κ3) is 6.87. The highest BCUT2D eigenvalue weighted by Gasteiger charge is 2.35. The number of amides is 1. The summed E-state index contributed by atoms with van der Waals surface area (Å²) in [6.07, 6.45) is -2.45. The normalized spacial score (nSPS) is 21.3. The van der Waals surface area contributed by atoms with Gasteiger partial charge in [-0.05, 0) is 48.9 Å². The van der Waals surface area contributed by atoms with Gasteiger partial charge in [0, 0.05) is 56.1 Å². The van der Waals surface area contributed by atoms with Gasteiger partial charge in [0.05, 0.1) is 38.0 Å². The van der Waals surface area contributed by atoms with Crippen molar-refractivity contribution >= 4 is 23.2 Å². The van der Waals surface area contributed by atoms with Gasteiger partial charge in [0.1, 0.15) is 24.3 Å². The standard InChI is InChI=1S/C32H37FN8O5/c1-20-12-23(3-4-26(20)40-10-8-39(9-11-40)24-17-45-18-24)37-32-36-19-35-30(38-32)21-2-5-28(22(13-21)14-34)46-29-6-7-41(15-25(29)33)31(44)27(43)16-42/h2-5,12-13,19,24-25,27,29,42-43H,6-11,15-18H2,1H3,(H,35,36,37,38)/t25-,27?,29+/m1/s1. The van der Waals surface area contributed by atoms with Gasteiger partial charge in [-0.3, -0.25) is 9.69 Å². The van der Waals surface area contributed by atoms with Gasteiger partial charge in [-0.25, -0.2) is 14.4 Å². The van der Waals surface area contributed by atoms with E-state index in [1.807, 2.05) is 6.07 Å². The number of hydrogen-bond donors (Lipinski definition) is 3. The van der Waals surface area contributed by atoms with Crippen molar-refractivity contribution in [3.05, 3.63) is 53.9 Å². The quantitative estimate of drug-likeness (QED) is 0.314. The van der Waals surface area contributed by atoms with E-state index >= 15 is 0 Å². The summed E-state index contributed by atoms with van der Waals surface area (Å²) in [5, 5.41) is 31.7. The van der Waals surface area contributed by atoms with Crippen LogP contribution in [0.2, 0.25) is 0 Å². The Labute approximate surface area is 266 Å². The zero-order valence-corrected chi connectivity index (χ0v) is 25.5. The van der Waals surface area contributed by atoms with Gasteiger partial charge in [0.15, 0.2) is 18.1 Å². The molecule has 1 aromatic heterocycles. The fourth-order valence-corrected chi connectivity index (χ4v) is 6.00. The number of benzene rings is 2. The number of aromatic nitrogens is 3. The SMILES string of the molecule is Cc1cc(Nc2ncnc(-c3ccc(O[C@H]4CCN(C(=O)C(O)CO)C[C@H]4F)c(C#N)c3)n2)ccc1N1CCN(C2COC2)CC1. The lowest BCUT2D eigenvalue weighted by molar-refractivity contribution is -0.146. The number of halogens is 1. The van der Waals surface area contributed by atoms with Crippen LogP contribution in [0.25, 0.3) is 11.4 Å². The first kappa shape index (κ1) is 31.6. The summed E-state index contributed by atoms with van der Waals surface area (Å²) in [7, 11) is 0. The fraction of sp³-hybridized carbons (Fsp3) is 0.469. The maximum Gasteiger partial charge on any atom is 0.253 e. The van der Waals surface area contributed by atoms with Gasteiger partial charge in [-0.2, -0.15) is 10.2 Å². The van der Waals surface area contributed by atoms with Crippen LogP contribution in [0.4, 0.5) is 21.7 Å². The van der Waals surface area contributed by atoms with Crippen molar-refractivity contribution in [2.45, 2.75) is 37.8 Å². The number of likely N-dealkylation sites (tertiary alicyclic amines) is 1. The number of carbonyl (C=O) groups is 1. The zero-order chi connectivity index (χ0) is 32.2. The summed E-state index contributed by atoms with van der Waals surface area (Å²) in [6, 6.07) is 13.7. The summed E-state index contributed by atoms with van der Waals surface area (Å²) >= 11 is 0. The van der Waals surface area contributed by atoms with Crippen LogP contribution in [0.15, 0.2) is 42.7 Å². The third-order valence-electron chi connectivity index (χ3n) is 8.70. The molecule has 0 spiro atoms. The van der Waals surface area contributed by atoms with Crippen LogP contribution < -0.4 is 15.0 Å². The zero-order valence-electron chi connectivity index (χ0n) is 25.5. The maximum atomic E-state index is 14.9. The minimum atomic E-state index is -1.58. The number of nitrogens with one attached hydrogen (secondary N) is 1. The molecular weight excluding hydrogens is 595 g/mol. The predicted octanol–water partition coefficient (Wildman–Crippen LogP) is 1.65. The largest absolute Gasteiger partial charge is 0.486 e. The molecule has 1 amide bonds. The van der Waals surface area contributed by atoms with E-state index in [9.17, 15) is 19.6 Å². The third-order valence-corrected chi connectivity index (χ3v) is 8.70. The maximum absolute atomic E-state index is 14.9. The van der Waals surface area contributed by atoms with E-state index < -0.39 is 30.9 Å². The molecule has 3 atom stereocenters.